The third-order valence-corrected chi connectivity index (χ3v) is 4.27. The molecule has 0 bridgehead atoms. The van der Waals surface area contributed by atoms with Crippen molar-refractivity contribution < 1.29 is 14.3 Å². The van der Waals surface area contributed by atoms with Gasteiger partial charge in [-0.3, -0.25) is 4.79 Å². The number of rotatable bonds is 2. The number of likely N-dealkylation sites (tertiary alicyclic amines) is 1. The van der Waals surface area contributed by atoms with Crippen LogP contribution in [-0.4, -0.2) is 29.0 Å². The second-order valence-corrected chi connectivity index (χ2v) is 5.96. The number of carbonyl (C=O) groups is 1. The van der Waals surface area contributed by atoms with Gasteiger partial charge < -0.3 is 10.0 Å². The zero-order chi connectivity index (χ0) is 17.1. The predicted molar refractivity (Wildman–Crippen MR) is 87.7 cm³/mol. The Morgan fingerprint density at radius 3 is 2.92 bits per heavy atom. The summed E-state index contributed by atoms with van der Waals surface area (Å²) in [5, 5.41) is 19.0. The molecule has 1 heterocycles. The number of halogens is 1. The minimum atomic E-state index is -0.451. The van der Waals surface area contributed by atoms with Gasteiger partial charge in [-0.1, -0.05) is 12.1 Å². The molecule has 0 unspecified atom stereocenters. The Balaban J connectivity index is 1.89. The van der Waals surface area contributed by atoms with E-state index in [1.165, 1.54) is 18.2 Å². The van der Waals surface area contributed by atoms with E-state index in [4.69, 9.17) is 5.26 Å². The third-order valence-electron chi connectivity index (χ3n) is 4.27. The fourth-order valence-electron chi connectivity index (χ4n) is 3.01. The molecule has 1 saturated heterocycles. The molecule has 5 heteroatoms. The number of benzene rings is 2. The van der Waals surface area contributed by atoms with Gasteiger partial charge in [-0.2, -0.15) is 5.26 Å². The Morgan fingerprint density at radius 2 is 2.12 bits per heavy atom. The maximum Gasteiger partial charge on any atom is 0.253 e. The van der Waals surface area contributed by atoms with Crippen LogP contribution in [0.1, 0.15) is 23.2 Å². The fraction of sp³-hybridized carbons (Fsp3) is 0.263. The van der Waals surface area contributed by atoms with Crippen LogP contribution in [0.2, 0.25) is 0 Å². The first-order chi connectivity index (χ1) is 11.6. The molecule has 2 aromatic rings. The summed E-state index contributed by atoms with van der Waals surface area (Å²) in [6, 6.07) is 12.7. The largest absolute Gasteiger partial charge is 0.507 e. The molecule has 4 nitrogen and oxygen atoms in total. The topological polar surface area (TPSA) is 64.3 Å². The second kappa shape index (κ2) is 6.71. The first-order valence-electron chi connectivity index (χ1n) is 7.86. The Morgan fingerprint density at radius 1 is 1.29 bits per heavy atom. The number of phenolic OH excluding ortho intramolecular Hbond substituents is 1. The van der Waals surface area contributed by atoms with Crippen LogP contribution in [0.3, 0.4) is 0 Å². The quantitative estimate of drug-likeness (QED) is 0.918. The van der Waals surface area contributed by atoms with E-state index >= 15 is 0 Å². The van der Waals surface area contributed by atoms with Crippen LogP contribution in [0.5, 0.6) is 5.75 Å². The lowest BCUT2D eigenvalue weighted by Crippen LogP contribution is -2.39. The normalized spacial score (nSPS) is 17.3. The van der Waals surface area contributed by atoms with Crippen molar-refractivity contribution in [2.24, 2.45) is 5.92 Å². The monoisotopic (exact) mass is 324 g/mol. The number of aromatic hydroxyl groups is 1. The van der Waals surface area contributed by atoms with Crippen molar-refractivity contribution in [1.29, 1.82) is 5.26 Å². The van der Waals surface area contributed by atoms with Gasteiger partial charge in [-0.25, -0.2) is 4.39 Å². The van der Waals surface area contributed by atoms with E-state index in [1.807, 2.05) is 0 Å². The minimum Gasteiger partial charge on any atom is -0.507 e. The maximum absolute atomic E-state index is 13.4. The van der Waals surface area contributed by atoms with E-state index in [0.29, 0.717) is 29.8 Å². The van der Waals surface area contributed by atoms with E-state index in [0.717, 1.165) is 12.8 Å². The SMILES string of the molecule is N#C[C@@H]1CCCN(C(=O)c2cccc(-c3cc(F)ccc3O)c2)C1. The summed E-state index contributed by atoms with van der Waals surface area (Å²) in [6.45, 7) is 1.07. The molecule has 1 N–H and O–H groups in total. The average Bonchev–Trinajstić information content (AvgIpc) is 2.63. The highest BCUT2D eigenvalue weighted by molar-refractivity contribution is 5.95. The van der Waals surface area contributed by atoms with Crippen LogP contribution in [-0.2, 0) is 0 Å². The van der Waals surface area contributed by atoms with Crippen LogP contribution >= 0.6 is 0 Å². The fourth-order valence-corrected chi connectivity index (χ4v) is 3.01. The predicted octanol–water partition coefficient (Wildman–Crippen LogP) is 3.57. The summed E-state index contributed by atoms with van der Waals surface area (Å²) in [6.07, 6.45) is 1.63. The van der Waals surface area contributed by atoms with Gasteiger partial charge in [0.2, 0.25) is 0 Å². The Bertz CT molecular complexity index is 813. The zero-order valence-corrected chi connectivity index (χ0v) is 13.1. The molecule has 3 rings (SSSR count). The molecule has 1 amide bonds. The Labute approximate surface area is 139 Å². The standard InChI is InChI=1S/C19H17FN2O2/c20-16-6-7-18(23)17(10-16)14-4-1-5-15(9-14)19(24)22-8-2-3-13(11-21)12-22/h1,4-7,9-10,13,23H,2-3,8,12H2/t13-/m0/s1. The Hall–Kier alpha value is -2.87. The minimum absolute atomic E-state index is 0.0384. The highest BCUT2D eigenvalue weighted by atomic mass is 19.1. The molecule has 0 aliphatic carbocycles. The molecule has 2 aromatic carbocycles. The Kier molecular flexibility index (Phi) is 4.48. The highest BCUT2D eigenvalue weighted by Gasteiger charge is 2.24. The highest BCUT2D eigenvalue weighted by Crippen LogP contribution is 2.30. The summed E-state index contributed by atoms with van der Waals surface area (Å²) >= 11 is 0. The first-order valence-corrected chi connectivity index (χ1v) is 7.86. The molecule has 1 aliphatic rings. The van der Waals surface area contributed by atoms with Crippen molar-refractivity contribution in [2.75, 3.05) is 13.1 Å². The molecule has 0 saturated carbocycles. The molecule has 0 radical (unpaired) electrons. The van der Waals surface area contributed by atoms with Crippen LogP contribution in [0.15, 0.2) is 42.5 Å². The number of nitriles is 1. The van der Waals surface area contributed by atoms with Crippen molar-refractivity contribution in [2.45, 2.75) is 12.8 Å². The molecular formula is C19H17FN2O2. The molecule has 0 spiro atoms. The van der Waals surface area contributed by atoms with E-state index < -0.39 is 5.82 Å². The zero-order valence-electron chi connectivity index (χ0n) is 13.1. The summed E-state index contributed by atoms with van der Waals surface area (Å²) in [7, 11) is 0. The smallest absolute Gasteiger partial charge is 0.253 e. The molecule has 1 fully saturated rings. The van der Waals surface area contributed by atoms with Crippen molar-refractivity contribution in [3.05, 3.63) is 53.8 Å². The van der Waals surface area contributed by atoms with E-state index in [1.54, 1.807) is 29.2 Å². The van der Waals surface area contributed by atoms with Gasteiger partial charge >= 0.3 is 0 Å². The van der Waals surface area contributed by atoms with Crippen molar-refractivity contribution in [3.63, 3.8) is 0 Å². The number of amides is 1. The number of hydrogen-bond donors (Lipinski definition) is 1. The van der Waals surface area contributed by atoms with Gasteiger partial charge in [0, 0.05) is 24.2 Å². The van der Waals surface area contributed by atoms with Crippen LogP contribution < -0.4 is 0 Å². The van der Waals surface area contributed by atoms with E-state index in [9.17, 15) is 14.3 Å². The summed E-state index contributed by atoms with van der Waals surface area (Å²) in [5.74, 6) is -0.762. The summed E-state index contributed by atoms with van der Waals surface area (Å²) in [5.41, 5.74) is 1.39. The van der Waals surface area contributed by atoms with Gasteiger partial charge in [0.1, 0.15) is 11.6 Å². The van der Waals surface area contributed by atoms with E-state index in [-0.39, 0.29) is 17.6 Å². The molecular weight excluding hydrogens is 307 g/mol. The maximum atomic E-state index is 13.4. The number of carbonyl (C=O) groups excluding carboxylic acids is 1. The van der Waals surface area contributed by atoms with Crippen LogP contribution in [0.4, 0.5) is 4.39 Å². The van der Waals surface area contributed by atoms with E-state index in [2.05, 4.69) is 6.07 Å². The van der Waals surface area contributed by atoms with Crippen molar-refractivity contribution in [3.8, 4) is 22.9 Å². The number of nitrogens with zero attached hydrogens (tertiary/aromatic N) is 2. The molecule has 1 aliphatic heterocycles. The van der Waals surface area contributed by atoms with Gasteiger partial charge in [0.05, 0.1) is 12.0 Å². The average molecular weight is 324 g/mol. The van der Waals surface area contributed by atoms with Gasteiger partial charge in [0.15, 0.2) is 0 Å². The van der Waals surface area contributed by atoms with Crippen molar-refractivity contribution >= 4 is 5.91 Å². The molecule has 0 aromatic heterocycles. The summed E-state index contributed by atoms with van der Waals surface area (Å²) in [4.78, 5) is 14.4. The third kappa shape index (κ3) is 3.23. The van der Waals surface area contributed by atoms with Gasteiger partial charge in [-0.15, -0.1) is 0 Å². The van der Waals surface area contributed by atoms with Crippen molar-refractivity contribution in [1.82, 2.24) is 4.90 Å². The molecule has 24 heavy (non-hydrogen) atoms. The summed E-state index contributed by atoms with van der Waals surface area (Å²) < 4.78 is 13.4. The van der Waals surface area contributed by atoms with Gasteiger partial charge in [-0.05, 0) is 48.7 Å². The molecule has 1 atom stereocenters. The number of phenols is 1. The lowest BCUT2D eigenvalue weighted by atomic mass is 9.98. The lowest BCUT2D eigenvalue weighted by molar-refractivity contribution is 0.0699. The number of piperidine rings is 1. The van der Waals surface area contributed by atoms with Gasteiger partial charge in [0.25, 0.3) is 5.91 Å². The first kappa shape index (κ1) is 16.0. The molecule has 122 valence electrons. The second-order valence-electron chi connectivity index (χ2n) is 5.96. The lowest BCUT2D eigenvalue weighted by Gasteiger charge is -2.29. The van der Waals surface area contributed by atoms with Crippen LogP contribution in [0, 0.1) is 23.1 Å². The van der Waals surface area contributed by atoms with Crippen LogP contribution in [0.25, 0.3) is 11.1 Å². The number of hydrogen-bond acceptors (Lipinski definition) is 3.